The van der Waals surface area contributed by atoms with Crippen LogP contribution < -0.4 is 9.47 Å². The molecule has 0 bridgehead atoms. The van der Waals surface area contributed by atoms with Gasteiger partial charge in [0.2, 0.25) is 12.0 Å². The molecular formula is C17H16N4O3S. The van der Waals surface area contributed by atoms with Crippen LogP contribution >= 0.6 is 11.8 Å². The Morgan fingerprint density at radius 3 is 2.96 bits per heavy atom. The maximum atomic E-state index is 12.4. The molecule has 0 fully saturated rings. The predicted octanol–water partition coefficient (Wildman–Crippen LogP) is 3.08. The number of ether oxygens (including phenoxy) is 2. The minimum Gasteiger partial charge on any atom is -0.454 e. The van der Waals surface area contributed by atoms with Crippen LogP contribution in [0.25, 0.3) is 6.08 Å². The monoisotopic (exact) mass is 356 g/mol. The first-order chi connectivity index (χ1) is 12.0. The number of carbonyl (C=O) groups excluding carboxylic acids is 1. The van der Waals surface area contributed by atoms with Gasteiger partial charge in [-0.1, -0.05) is 19.9 Å². The number of fused-ring (bicyclic) bond motifs is 2. The van der Waals surface area contributed by atoms with E-state index in [9.17, 15) is 4.79 Å². The minimum atomic E-state index is -0.428. The van der Waals surface area contributed by atoms with E-state index in [4.69, 9.17) is 14.9 Å². The second-order valence-electron chi connectivity index (χ2n) is 6.22. The van der Waals surface area contributed by atoms with Crippen LogP contribution in [0.3, 0.4) is 0 Å². The zero-order valence-electron chi connectivity index (χ0n) is 13.8. The van der Waals surface area contributed by atoms with Crippen LogP contribution in [0.1, 0.15) is 25.8 Å². The number of nitrogens with zero attached hydrogens (tertiary/aromatic N) is 3. The van der Waals surface area contributed by atoms with Gasteiger partial charge >= 0.3 is 0 Å². The molecule has 3 aliphatic heterocycles. The van der Waals surface area contributed by atoms with Gasteiger partial charge in [0.25, 0.3) is 5.91 Å². The molecule has 1 aromatic carbocycles. The van der Waals surface area contributed by atoms with Gasteiger partial charge in [-0.2, -0.15) is 15.1 Å². The number of amidine groups is 2. The minimum absolute atomic E-state index is 0.0407. The Hall–Kier alpha value is -2.61. The van der Waals surface area contributed by atoms with Gasteiger partial charge in [0.05, 0.1) is 5.57 Å². The molecule has 0 unspecified atom stereocenters. The Kier molecular flexibility index (Phi) is 3.84. The van der Waals surface area contributed by atoms with E-state index in [0.717, 1.165) is 17.0 Å². The second kappa shape index (κ2) is 6.03. The van der Waals surface area contributed by atoms with Crippen molar-refractivity contribution in [3.8, 4) is 11.5 Å². The summed E-state index contributed by atoms with van der Waals surface area (Å²) in [5, 5.41) is 15.6. The molecule has 7 nitrogen and oxygen atoms in total. The number of benzene rings is 1. The summed E-state index contributed by atoms with van der Waals surface area (Å²) in [5.74, 6) is 1.36. The molecule has 3 aliphatic rings. The van der Waals surface area contributed by atoms with Gasteiger partial charge in [0, 0.05) is 6.42 Å². The Balaban J connectivity index is 1.64. The average Bonchev–Trinajstić information content (AvgIpc) is 3.16. The van der Waals surface area contributed by atoms with Crippen molar-refractivity contribution in [2.24, 2.45) is 16.0 Å². The van der Waals surface area contributed by atoms with E-state index >= 15 is 0 Å². The number of hydrazone groups is 1. The summed E-state index contributed by atoms with van der Waals surface area (Å²) in [5.41, 5.74) is 0.951. The van der Waals surface area contributed by atoms with Crippen LogP contribution in [0, 0.1) is 11.3 Å². The summed E-state index contributed by atoms with van der Waals surface area (Å²) < 4.78 is 10.6. The quantitative estimate of drug-likeness (QED) is 0.841. The van der Waals surface area contributed by atoms with Gasteiger partial charge in [0.1, 0.15) is 5.04 Å². The Labute approximate surface area is 148 Å². The molecule has 1 aromatic rings. The standard InChI is InChI=1S/C17H16N4O3S/c1-9(2)5-14-20-21-15(18)11(16(22)19-17(21)25-14)6-10-3-4-12-13(7-10)24-8-23-12/h3-4,6-7,9,18H,5,8H2,1-2H3/b11-6-,18-15?. The highest BCUT2D eigenvalue weighted by molar-refractivity contribution is 8.26. The first kappa shape index (κ1) is 15.9. The lowest BCUT2D eigenvalue weighted by molar-refractivity contribution is -0.114. The zero-order chi connectivity index (χ0) is 17.6. The number of amides is 1. The van der Waals surface area contributed by atoms with Crippen molar-refractivity contribution in [3.05, 3.63) is 29.3 Å². The highest BCUT2D eigenvalue weighted by atomic mass is 32.2. The van der Waals surface area contributed by atoms with Gasteiger partial charge in [-0.3, -0.25) is 10.2 Å². The van der Waals surface area contributed by atoms with Gasteiger partial charge in [0.15, 0.2) is 17.3 Å². The van der Waals surface area contributed by atoms with Crippen molar-refractivity contribution in [3.63, 3.8) is 0 Å². The van der Waals surface area contributed by atoms with Gasteiger partial charge in [-0.25, -0.2) is 0 Å². The van der Waals surface area contributed by atoms with Crippen molar-refractivity contribution in [2.75, 3.05) is 6.79 Å². The molecule has 0 radical (unpaired) electrons. The van der Waals surface area contributed by atoms with E-state index in [0.29, 0.717) is 22.6 Å². The molecule has 128 valence electrons. The average molecular weight is 356 g/mol. The molecule has 1 amide bonds. The van der Waals surface area contributed by atoms with E-state index in [2.05, 4.69) is 23.9 Å². The molecule has 4 rings (SSSR count). The fourth-order valence-electron chi connectivity index (χ4n) is 2.63. The van der Waals surface area contributed by atoms with E-state index in [1.165, 1.54) is 16.8 Å². The van der Waals surface area contributed by atoms with Gasteiger partial charge in [-0.05, 0) is 41.5 Å². The lowest BCUT2D eigenvalue weighted by Gasteiger charge is -2.20. The van der Waals surface area contributed by atoms with Crippen LogP contribution in [0.5, 0.6) is 11.5 Å². The van der Waals surface area contributed by atoms with E-state index in [1.54, 1.807) is 18.2 Å². The predicted molar refractivity (Wildman–Crippen MR) is 97.0 cm³/mol. The summed E-state index contributed by atoms with van der Waals surface area (Å²) in [7, 11) is 0. The number of hydrogen-bond acceptors (Lipinski definition) is 6. The SMILES string of the molecule is CC(C)CC1=NN2C(=N)/C(=C/c3ccc4c(c3)OCO4)C(=O)N=C2S1. The summed E-state index contributed by atoms with van der Waals surface area (Å²) in [6, 6.07) is 5.37. The topological polar surface area (TPSA) is 87.3 Å². The van der Waals surface area contributed by atoms with E-state index < -0.39 is 5.91 Å². The highest BCUT2D eigenvalue weighted by Crippen LogP contribution is 2.34. The van der Waals surface area contributed by atoms with Gasteiger partial charge in [-0.15, -0.1) is 0 Å². The zero-order valence-corrected chi connectivity index (χ0v) is 14.6. The number of carbonyl (C=O) groups is 1. The Morgan fingerprint density at radius 1 is 1.36 bits per heavy atom. The molecule has 3 heterocycles. The van der Waals surface area contributed by atoms with Crippen molar-refractivity contribution in [1.82, 2.24) is 5.01 Å². The highest BCUT2D eigenvalue weighted by Gasteiger charge is 2.35. The van der Waals surface area contributed by atoms with Crippen LogP contribution in [-0.2, 0) is 4.79 Å². The van der Waals surface area contributed by atoms with E-state index in [-0.39, 0.29) is 18.2 Å². The fraction of sp³-hybridized carbons (Fsp3) is 0.294. The molecule has 0 spiro atoms. The van der Waals surface area contributed by atoms with E-state index in [1.807, 2.05) is 6.07 Å². The van der Waals surface area contributed by atoms with Crippen LogP contribution in [0.4, 0.5) is 0 Å². The maximum absolute atomic E-state index is 12.4. The lowest BCUT2D eigenvalue weighted by atomic mass is 10.1. The molecule has 0 atom stereocenters. The molecule has 0 saturated heterocycles. The molecule has 0 aromatic heterocycles. The molecule has 1 N–H and O–H groups in total. The largest absolute Gasteiger partial charge is 0.454 e. The Morgan fingerprint density at radius 2 is 2.16 bits per heavy atom. The molecular weight excluding hydrogens is 340 g/mol. The number of thioether (sulfide) groups is 1. The summed E-state index contributed by atoms with van der Waals surface area (Å²) in [4.78, 5) is 16.5. The molecule has 0 saturated carbocycles. The summed E-state index contributed by atoms with van der Waals surface area (Å²) >= 11 is 1.36. The first-order valence-electron chi connectivity index (χ1n) is 7.90. The fourth-order valence-corrected chi connectivity index (χ4v) is 3.73. The van der Waals surface area contributed by atoms with Crippen LogP contribution in [0.2, 0.25) is 0 Å². The number of hydrogen-bond donors (Lipinski definition) is 1. The lowest BCUT2D eigenvalue weighted by Crippen LogP contribution is -2.35. The molecule has 8 heteroatoms. The van der Waals surface area contributed by atoms with Crippen LogP contribution in [-0.4, -0.2) is 33.8 Å². The molecule has 25 heavy (non-hydrogen) atoms. The number of rotatable bonds is 3. The normalized spacial score (nSPS) is 20.3. The van der Waals surface area contributed by atoms with Gasteiger partial charge < -0.3 is 9.47 Å². The molecule has 0 aliphatic carbocycles. The number of aliphatic imine (C=N–C) groups is 1. The van der Waals surface area contributed by atoms with Crippen molar-refractivity contribution < 1.29 is 14.3 Å². The third-order valence-electron chi connectivity index (χ3n) is 3.79. The summed E-state index contributed by atoms with van der Waals surface area (Å²) in [6.07, 6.45) is 2.43. The first-order valence-corrected chi connectivity index (χ1v) is 8.71. The summed E-state index contributed by atoms with van der Waals surface area (Å²) in [6.45, 7) is 4.39. The third-order valence-corrected chi connectivity index (χ3v) is 4.72. The second-order valence-corrected chi connectivity index (χ2v) is 7.26. The number of nitrogens with one attached hydrogen (secondary N) is 1. The Bertz CT molecular complexity index is 873. The smallest absolute Gasteiger partial charge is 0.283 e. The van der Waals surface area contributed by atoms with Crippen molar-refractivity contribution in [2.45, 2.75) is 20.3 Å². The maximum Gasteiger partial charge on any atom is 0.283 e. The van der Waals surface area contributed by atoms with Crippen LogP contribution in [0.15, 0.2) is 33.9 Å². The van der Waals surface area contributed by atoms with Crippen molar-refractivity contribution in [1.29, 1.82) is 5.41 Å². The van der Waals surface area contributed by atoms with Crippen molar-refractivity contribution >= 4 is 39.8 Å². The third kappa shape index (κ3) is 2.93.